The van der Waals surface area contributed by atoms with Crippen molar-refractivity contribution in [2.45, 2.75) is 26.7 Å². The molecule has 1 N–H and O–H groups in total. The van der Waals surface area contributed by atoms with Crippen molar-refractivity contribution in [3.8, 4) is 10.8 Å². The molecule has 7 nitrogen and oxygen atoms in total. The molecular formula is C21H21BrN4O3S. The highest BCUT2D eigenvalue weighted by atomic mass is 79.9. The van der Waals surface area contributed by atoms with E-state index in [1.807, 2.05) is 32.0 Å². The number of halogens is 1. The summed E-state index contributed by atoms with van der Waals surface area (Å²) >= 11 is 4.68. The zero-order valence-electron chi connectivity index (χ0n) is 16.6. The average molecular weight is 489 g/mol. The molecule has 9 heteroatoms. The first-order valence-corrected chi connectivity index (χ1v) is 11.3. The molecule has 3 aromatic heterocycles. The van der Waals surface area contributed by atoms with E-state index in [2.05, 4.69) is 31.2 Å². The number of anilines is 1. The Bertz CT molecular complexity index is 1070. The van der Waals surface area contributed by atoms with E-state index in [0.717, 1.165) is 10.2 Å². The number of nitrogens with one attached hydrogen (secondary N) is 1. The van der Waals surface area contributed by atoms with E-state index in [1.165, 1.54) is 11.3 Å². The van der Waals surface area contributed by atoms with Crippen LogP contribution in [-0.4, -0.2) is 39.8 Å². The lowest BCUT2D eigenvalue weighted by Crippen LogP contribution is -2.41. The number of hydrogen-bond donors (Lipinski definition) is 1. The van der Waals surface area contributed by atoms with Crippen LogP contribution in [0.25, 0.3) is 10.8 Å². The van der Waals surface area contributed by atoms with Crippen LogP contribution in [0.3, 0.4) is 0 Å². The van der Waals surface area contributed by atoms with E-state index in [9.17, 15) is 9.59 Å². The zero-order chi connectivity index (χ0) is 21.3. The van der Waals surface area contributed by atoms with Crippen LogP contribution in [0.4, 0.5) is 5.82 Å². The van der Waals surface area contributed by atoms with Crippen molar-refractivity contribution in [1.82, 2.24) is 14.9 Å². The van der Waals surface area contributed by atoms with E-state index < -0.39 is 0 Å². The van der Waals surface area contributed by atoms with Gasteiger partial charge in [-0.2, -0.15) is 0 Å². The average Bonchev–Trinajstić information content (AvgIpc) is 3.35. The number of furan rings is 1. The molecule has 0 saturated carbocycles. The van der Waals surface area contributed by atoms with E-state index in [-0.39, 0.29) is 17.7 Å². The fourth-order valence-corrected chi connectivity index (χ4v) is 4.65. The zero-order valence-corrected chi connectivity index (χ0v) is 19.0. The summed E-state index contributed by atoms with van der Waals surface area (Å²) in [4.78, 5) is 36.7. The SMILES string of the molecule is Cc1ccc(-c2nc(C)c(C(=O)N3CCC(C(=O)Nc4ccc(Br)cn4)CC3)s2)o1. The van der Waals surface area contributed by atoms with E-state index >= 15 is 0 Å². The molecule has 1 aliphatic rings. The maximum atomic E-state index is 13.0. The molecule has 0 aromatic carbocycles. The summed E-state index contributed by atoms with van der Waals surface area (Å²) in [5.74, 6) is 1.79. The van der Waals surface area contributed by atoms with Crippen LogP contribution in [0.5, 0.6) is 0 Å². The molecule has 1 aliphatic heterocycles. The van der Waals surface area contributed by atoms with Crippen molar-refractivity contribution < 1.29 is 14.0 Å². The quantitative estimate of drug-likeness (QED) is 0.576. The van der Waals surface area contributed by atoms with Crippen LogP contribution in [0.15, 0.2) is 39.4 Å². The molecule has 1 fully saturated rings. The van der Waals surface area contributed by atoms with Gasteiger partial charge < -0.3 is 14.6 Å². The molecule has 3 aromatic rings. The van der Waals surface area contributed by atoms with Crippen molar-refractivity contribution in [1.29, 1.82) is 0 Å². The third kappa shape index (κ3) is 4.46. The number of carbonyl (C=O) groups excluding carboxylic acids is 2. The maximum absolute atomic E-state index is 13.0. The summed E-state index contributed by atoms with van der Waals surface area (Å²) in [6.45, 7) is 4.80. The summed E-state index contributed by atoms with van der Waals surface area (Å²) in [5, 5.41) is 3.56. The molecule has 0 bridgehead atoms. The summed E-state index contributed by atoms with van der Waals surface area (Å²) in [5.41, 5.74) is 0.704. The normalized spacial score (nSPS) is 14.7. The first kappa shape index (κ1) is 20.7. The molecule has 4 rings (SSSR count). The van der Waals surface area contributed by atoms with Crippen LogP contribution >= 0.6 is 27.3 Å². The molecule has 0 radical (unpaired) electrons. The summed E-state index contributed by atoms with van der Waals surface area (Å²) < 4.78 is 6.49. The Kier molecular flexibility index (Phi) is 6.01. The van der Waals surface area contributed by atoms with Gasteiger partial charge in [-0.15, -0.1) is 11.3 Å². The molecule has 4 heterocycles. The fourth-order valence-electron chi connectivity index (χ4n) is 3.42. The number of pyridine rings is 1. The van der Waals surface area contributed by atoms with E-state index in [1.54, 1.807) is 17.2 Å². The molecule has 30 heavy (non-hydrogen) atoms. The predicted octanol–water partition coefficient (Wildman–Crippen LogP) is 4.67. The lowest BCUT2D eigenvalue weighted by Gasteiger charge is -2.31. The number of aryl methyl sites for hydroxylation is 2. The number of rotatable bonds is 4. The Labute approximate surface area is 186 Å². The molecule has 2 amide bonds. The van der Waals surface area contributed by atoms with Crippen molar-refractivity contribution in [2.24, 2.45) is 5.92 Å². The summed E-state index contributed by atoms with van der Waals surface area (Å²) in [7, 11) is 0. The highest BCUT2D eigenvalue weighted by molar-refractivity contribution is 9.10. The third-order valence-corrected chi connectivity index (χ3v) is 6.70. The van der Waals surface area contributed by atoms with Crippen molar-refractivity contribution in [2.75, 3.05) is 18.4 Å². The van der Waals surface area contributed by atoms with Crippen LogP contribution in [0, 0.1) is 19.8 Å². The second-order valence-electron chi connectivity index (χ2n) is 7.26. The lowest BCUT2D eigenvalue weighted by atomic mass is 9.95. The molecule has 156 valence electrons. The molecular weight excluding hydrogens is 468 g/mol. The van der Waals surface area contributed by atoms with Crippen LogP contribution in [-0.2, 0) is 4.79 Å². The summed E-state index contributed by atoms with van der Waals surface area (Å²) in [6, 6.07) is 7.34. The molecule has 0 unspecified atom stereocenters. The number of carbonyl (C=O) groups is 2. The second-order valence-corrected chi connectivity index (χ2v) is 9.18. The van der Waals surface area contributed by atoms with Gasteiger partial charge in [-0.25, -0.2) is 9.97 Å². The van der Waals surface area contributed by atoms with Gasteiger partial charge in [0.1, 0.15) is 16.5 Å². The van der Waals surface area contributed by atoms with Gasteiger partial charge in [0.05, 0.1) is 5.69 Å². The molecule has 0 aliphatic carbocycles. The Morgan fingerprint density at radius 1 is 1.20 bits per heavy atom. The highest BCUT2D eigenvalue weighted by Crippen LogP contribution is 2.31. The van der Waals surface area contributed by atoms with Gasteiger partial charge in [0.15, 0.2) is 10.8 Å². The Morgan fingerprint density at radius 3 is 2.60 bits per heavy atom. The van der Waals surface area contributed by atoms with Crippen LogP contribution in [0.1, 0.15) is 34.0 Å². The Balaban J connectivity index is 1.37. The number of nitrogens with zero attached hydrogens (tertiary/aromatic N) is 3. The minimum atomic E-state index is -0.135. The van der Waals surface area contributed by atoms with Gasteiger partial charge >= 0.3 is 0 Å². The second kappa shape index (κ2) is 8.69. The van der Waals surface area contributed by atoms with Crippen molar-refractivity contribution >= 4 is 44.9 Å². The number of piperidine rings is 1. The van der Waals surface area contributed by atoms with Crippen molar-refractivity contribution in [3.63, 3.8) is 0 Å². The predicted molar refractivity (Wildman–Crippen MR) is 118 cm³/mol. The Morgan fingerprint density at radius 2 is 1.97 bits per heavy atom. The first-order chi connectivity index (χ1) is 14.4. The van der Waals surface area contributed by atoms with E-state index in [4.69, 9.17) is 4.42 Å². The lowest BCUT2D eigenvalue weighted by molar-refractivity contribution is -0.121. The third-order valence-electron chi connectivity index (χ3n) is 5.07. The van der Waals surface area contributed by atoms with Gasteiger partial charge in [0.25, 0.3) is 5.91 Å². The standard InChI is InChI=1S/C21H21BrN4O3S/c1-12-3-5-16(29-12)20-24-13(2)18(30-20)21(28)26-9-7-14(8-10-26)19(27)25-17-6-4-15(22)11-23-17/h3-6,11,14H,7-10H2,1-2H3,(H,23,25,27). The molecule has 0 spiro atoms. The monoisotopic (exact) mass is 488 g/mol. The van der Waals surface area contributed by atoms with Gasteiger partial charge in [-0.3, -0.25) is 9.59 Å². The number of likely N-dealkylation sites (tertiary alicyclic amines) is 1. The van der Waals surface area contributed by atoms with Crippen molar-refractivity contribution in [3.05, 3.63) is 51.3 Å². The molecule has 0 atom stereocenters. The maximum Gasteiger partial charge on any atom is 0.265 e. The molecule has 1 saturated heterocycles. The number of thiazole rings is 1. The number of amides is 2. The number of aromatic nitrogens is 2. The summed E-state index contributed by atoms with van der Waals surface area (Å²) in [6.07, 6.45) is 2.89. The minimum absolute atomic E-state index is 0.0343. The first-order valence-electron chi connectivity index (χ1n) is 9.66. The van der Waals surface area contributed by atoms with Gasteiger partial charge in [0, 0.05) is 29.7 Å². The van der Waals surface area contributed by atoms with Gasteiger partial charge in [0.2, 0.25) is 5.91 Å². The highest BCUT2D eigenvalue weighted by Gasteiger charge is 2.30. The van der Waals surface area contributed by atoms with Gasteiger partial charge in [-0.05, 0) is 66.9 Å². The smallest absolute Gasteiger partial charge is 0.265 e. The minimum Gasteiger partial charge on any atom is -0.459 e. The van der Waals surface area contributed by atoms with Gasteiger partial charge in [-0.1, -0.05) is 0 Å². The fraction of sp³-hybridized carbons (Fsp3) is 0.333. The van der Waals surface area contributed by atoms with Crippen LogP contribution < -0.4 is 5.32 Å². The van der Waals surface area contributed by atoms with E-state index in [0.29, 0.717) is 53.1 Å². The largest absolute Gasteiger partial charge is 0.459 e. The van der Waals surface area contributed by atoms with Crippen LogP contribution in [0.2, 0.25) is 0 Å². The number of hydrogen-bond acceptors (Lipinski definition) is 6. The Hall–Kier alpha value is -2.52. The topological polar surface area (TPSA) is 88.3 Å².